The van der Waals surface area contributed by atoms with E-state index in [4.69, 9.17) is 16.3 Å². The zero-order valence-corrected chi connectivity index (χ0v) is 18.3. The van der Waals surface area contributed by atoms with Crippen LogP contribution in [0.1, 0.15) is 16.7 Å². The summed E-state index contributed by atoms with van der Waals surface area (Å²) in [5.41, 5.74) is 3.29. The molecule has 0 saturated carbocycles. The summed E-state index contributed by atoms with van der Waals surface area (Å²) in [5.74, 6) is 0.716. The lowest BCUT2D eigenvalue weighted by Gasteiger charge is -2.12. The van der Waals surface area contributed by atoms with Crippen LogP contribution in [-0.4, -0.2) is 0 Å². The molecule has 0 aliphatic heterocycles. The van der Waals surface area contributed by atoms with Crippen molar-refractivity contribution in [2.75, 3.05) is 0 Å². The van der Waals surface area contributed by atoms with Crippen LogP contribution in [-0.2, 0) is 6.61 Å². The van der Waals surface area contributed by atoms with E-state index >= 15 is 0 Å². The Balaban J connectivity index is 1.66. The number of halogens is 2. The molecule has 4 heteroatoms. The summed E-state index contributed by atoms with van der Waals surface area (Å²) in [5, 5.41) is 12.7. The molecule has 0 atom stereocenters. The number of fused-ring (bicyclic) bond motifs is 1. The van der Waals surface area contributed by atoms with E-state index in [0.717, 1.165) is 21.2 Å². The summed E-state index contributed by atoms with van der Waals surface area (Å²) in [6.45, 7) is 0.437. The summed E-state index contributed by atoms with van der Waals surface area (Å²) in [6, 6.07) is 29.8. The number of allylic oxidation sites excluding steroid dienone is 1. The second kappa shape index (κ2) is 9.17. The lowest BCUT2D eigenvalue weighted by atomic mass is 10.0. The van der Waals surface area contributed by atoms with Gasteiger partial charge in [0.15, 0.2) is 0 Å². The maximum Gasteiger partial charge on any atom is 0.127 e. The van der Waals surface area contributed by atoms with Crippen molar-refractivity contribution in [3.63, 3.8) is 0 Å². The van der Waals surface area contributed by atoms with Crippen LogP contribution in [0.25, 0.3) is 22.4 Å². The number of nitriles is 1. The molecule has 30 heavy (non-hydrogen) atoms. The molecule has 0 saturated heterocycles. The van der Waals surface area contributed by atoms with Crippen LogP contribution in [0.5, 0.6) is 5.75 Å². The topological polar surface area (TPSA) is 33.0 Å². The van der Waals surface area contributed by atoms with E-state index < -0.39 is 0 Å². The molecule has 0 aliphatic carbocycles. The van der Waals surface area contributed by atoms with Gasteiger partial charge in [0.2, 0.25) is 0 Å². The van der Waals surface area contributed by atoms with E-state index in [1.54, 1.807) is 12.1 Å². The third-order valence-corrected chi connectivity index (χ3v) is 5.56. The van der Waals surface area contributed by atoms with Crippen LogP contribution in [0.4, 0.5) is 0 Å². The molecule has 146 valence electrons. The number of ether oxygens (including phenoxy) is 1. The minimum atomic E-state index is 0.437. The Kier molecular flexibility index (Phi) is 6.18. The van der Waals surface area contributed by atoms with Gasteiger partial charge in [-0.1, -0.05) is 82.1 Å². The molecular weight excluding hydrogens is 458 g/mol. The molecule has 0 fully saturated rings. The number of nitrogens with zero attached hydrogens (tertiary/aromatic N) is 1. The van der Waals surface area contributed by atoms with E-state index in [1.807, 2.05) is 54.6 Å². The maximum absolute atomic E-state index is 9.69. The van der Waals surface area contributed by atoms with E-state index in [-0.39, 0.29) is 0 Å². The third kappa shape index (κ3) is 4.57. The van der Waals surface area contributed by atoms with Gasteiger partial charge < -0.3 is 4.74 Å². The van der Waals surface area contributed by atoms with Crippen LogP contribution < -0.4 is 4.74 Å². The highest BCUT2D eigenvalue weighted by molar-refractivity contribution is 9.10. The fourth-order valence-electron chi connectivity index (χ4n) is 3.30. The predicted molar refractivity (Wildman–Crippen MR) is 127 cm³/mol. The fourth-order valence-corrected chi connectivity index (χ4v) is 3.81. The van der Waals surface area contributed by atoms with Gasteiger partial charge in [-0.05, 0) is 58.3 Å². The van der Waals surface area contributed by atoms with Crippen LogP contribution in [0.15, 0.2) is 89.4 Å². The Hall–Kier alpha value is -3.06. The van der Waals surface area contributed by atoms with Gasteiger partial charge in [-0.2, -0.15) is 5.26 Å². The summed E-state index contributed by atoms with van der Waals surface area (Å²) in [6.07, 6.45) is 1.84. The first-order valence-electron chi connectivity index (χ1n) is 9.41. The third-order valence-electron chi connectivity index (χ3n) is 4.81. The lowest BCUT2D eigenvalue weighted by Crippen LogP contribution is -1.98. The van der Waals surface area contributed by atoms with Crippen molar-refractivity contribution < 1.29 is 4.74 Å². The number of hydrogen-bond acceptors (Lipinski definition) is 2. The molecule has 0 radical (unpaired) electrons. The zero-order chi connectivity index (χ0) is 20.9. The van der Waals surface area contributed by atoms with Crippen molar-refractivity contribution >= 4 is 50.0 Å². The average molecular weight is 475 g/mol. The van der Waals surface area contributed by atoms with Crippen molar-refractivity contribution in [2.45, 2.75) is 6.61 Å². The van der Waals surface area contributed by atoms with Crippen LogP contribution in [0.2, 0.25) is 5.02 Å². The van der Waals surface area contributed by atoms with Crippen molar-refractivity contribution in [2.24, 2.45) is 0 Å². The van der Waals surface area contributed by atoms with Crippen LogP contribution in [0.3, 0.4) is 0 Å². The Morgan fingerprint density at radius 1 is 0.967 bits per heavy atom. The van der Waals surface area contributed by atoms with E-state index in [9.17, 15) is 5.26 Å². The van der Waals surface area contributed by atoms with Gasteiger partial charge in [-0.15, -0.1) is 0 Å². The van der Waals surface area contributed by atoms with Crippen molar-refractivity contribution in [3.8, 4) is 11.8 Å². The monoisotopic (exact) mass is 473 g/mol. The lowest BCUT2D eigenvalue weighted by molar-refractivity contribution is 0.307. The number of hydrogen-bond donors (Lipinski definition) is 0. The van der Waals surface area contributed by atoms with Crippen molar-refractivity contribution in [1.29, 1.82) is 5.26 Å². The summed E-state index contributed by atoms with van der Waals surface area (Å²) in [4.78, 5) is 0. The average Bonchev–Trinajstić information content (AvgIpc) is 2.77. The van der Waals surface area contributed by atoms with Crippen LogP contribution in [0, 0.1) is 11.3 Å². The van der Waals surface area contributed by atoms with Crippen LogP contribution >= 0.6 is 27.5 Å². The van der Waals surface area contributed by atoms with E-state index in [1.165, 1.54) is 10.8 Å². The van der Waals surface area contributed by atoms with Gasteiger partial charge in [0.1, 0.15) is 12.4 Å². The number of rotatable bonds is 5. The molecule has 4 aromatic rings. The molecule has 0 heterocycles. The van der Waals surface area contributed by atoms with Gasteiger partial charge in [0.25, 0.3) is 0 Å². The molecule has 0 aliphatic rings. The van der Waals surface area contributed by atoms with E-state index in [2.05, 4.69) is 46.3 Å². The SMILES string of the molecule is N#C/C(=C\c1cc(Br)ccc1OCc1cccc2ccccc12)c1ccc(Cl)cc1. The normalized spacial score (nSPS) is 11.3. The fraction of sp³-hybridized carbons (Fsp3) is 0.0385. The van der Waals surface area contributed by atoms with Gasteiger partial charge in [-0.3, -0.25) is 0 Å². The predicted octanol–water partition coefficient (Wildman–Crippen LogP) is 7.90. The molecular formula is C26H17BrClNO. The molecule has 0 spiro atoms. The molecule has 0 N–H and O–H groups in total. The van der Waals surface area contributed by atoms with E-state index in [0.29, 0.717) is 23.0 Å². The highest BCUT2D eigenvalue weighted by atomic mass is 79.9. The maximum atomic E-state index is 9.69. The second-order valence-corrected chi connectivity index (χ2v) is 8.14. The van der Waals surface area contributed by atoms with Gasteiger partial charge in [-0.25, -0.2) is 0 Å². The molecule has 4 aromatic carbocycles. The van der Waals surface area contributed by atoms with Crippen molar-refractivity contribution in [3.05, 3.63) is 111 Å². The van der Waals surface area contributed by atoms with Gasteiger partial charge in [0.05, 0.1) is 11.6 Å². The minimum Gasteiger partial charge on any atom is -0.488 e. The van der Waals surface area contributed by atoms with Gasteiger partial charge in [0, 0.05) is 15.1 Å². The Morgan fingerprint density at radius 2 is 1.73 bits per heavy atom. The molecule has 0 unspecified atom stereocenters. The highest BCUT2D eigenvalue weighted by Gasteiger charge is 2.08. The van der Waals surface area contributed by atoms with Crippen molar-refractivity contribution in [1.82, 2.24) is 0 Å². The Bertz CT molecular complexity index is 1270. The summed E-state index contributed by atoms with van der Waals surface area (Å²) >= 11 is 9.50. The second-order valence-electron chi connectivity index (χ2n) is 6.79. The standard InChI is InChI=1S/C26H17BrClNO/c27-23-10-13-26(30-17-20-6-3-5-19-4-1-2-7-25(19)20)21(15-23)14-22(16-29)18-8-11-24(28)12-9-18/h1-15H,17H2/b22-14+. The first-order chi connectivity index (χ1) is 14.6. The Morgan fingerprint density at radius 3 is 2.53 bits per heavy atom. The summed E-state index contributed by atoms with van der Waals surface area (Å²) in [7, 11) is 0. The molecule has 4 rings (SSSR count). The molecule has 0 bridgehead atoms. The zero-order valence-electron chi connectivity index (χ0n) is 16.0. The Labute approximate surface area is 189 Å². The first kappa shape index (κ1) is 20.2. The summed E-state index contributed by atoms with van der Waals surface area (Å²) < 4.78 is 7.11. The first-order valence-corrected chi connectivity index (χ1v) is 10.6. The minimum absolute atomic E-state index is 0.437. The molecule has 0 aromatic heterocycles. The highest BCUT2D eigenvalue weighted by Crippen LogP contribution is 2.29. The molecule has 0 amide bonds. The number of benzene rings is 4. The quantitative estimate of drug-likeness (QED) is 0.217. The molecule has 2 nitrogen and oxygen atoms in total. The van der Waals surface area contributed by atoms with Gasteiger partial charge >= 0.3 is 0 Å². The largest absolute Gasteiger partial charge is 0.488 e. The smallest absolute Gasteiger partial charge is 0.127 e.